The zero-order valence-corrected chi connectivity index (χ0v) is 10.9. The molecule has 2 aliphatic heterocycles. The largest absolute Gasteiger partial charge is 0.306 e. The lowest BCUT2D eigenvalue weighted by Crippen LogP contribution is -2.48. The predicted molar refractivity (Wildman–Crippen MR) is 64.6 cm³/mol. The maximum absolute atomic E-state index is 12.3. The minimum atomic E-state index is -1.10. The number of hydrogen-bond acceptors (Lipinski definition) is 4. The average molecular weight is 252 g/mol. The fourth-order valence-electron chi connectivity index (χ4n) is 2.79. The van der Waals surface area contributed by atoms with Crippen molar-refractivity contribution in [3.8, 4) is 0 Å². The van der Waals surface area contributed by atoms with Gasteiger partial charge in [0.1, 0.15) is 17.3 Å². The molecule has 1 unspecified atom stereocenters. The van der Waals surface area contributed by atoms with Gasteiger partial charge >= 0.3 is 0 Å². The Balaban J connectivity index is 2.09. The second kappa shape index (κ2) is 3.83. The van der Waals surface area contributed by atoms with Gasteiger partial charge in [0, 0.05) is 26.3 Å². The zero-order valence-electron chi connectivity index (χ0n) is 10.1. The Kier molecular flexibility index (Phi) is 2.53. The van der Waals surface area contributed by atoms with Gasteiger partial charge in [0.25, 0.3) is 0 Å². The second-order valence-corrected chi connectivity index (χ2v) is 6.30. The molecule has 5 nitrogen and oxygen atoms in total. The Hall–Kier alpha value is -0.850. The second-order valence-electron chi connectivity index (χ2n) is 4.82. The average Bonchev–Trinajstić information content (AvgIpc) is 2.57. The summed E-state index contributed by atoms with van der Waals surface area (Å²) < 4.78 is 14.3. The molecule has 3 rings (SSSR count). The number of fused-ring (bicyclic) bond motifs is 2. The summed E-state index contributed by atoms with van der Waals surface area (Å²) in [5.74, 6) is 0. The Labute approximate surface area is 103 Å². The number of likely N-dealkylation sites (tertiary alicyclic amines) is 1. The third-order valence-corrected chi connectivity index (χ3v) is 5.50. The van der Waals surface area contributed by atoms with Crippen LogP contribution in [0.2, 0.25) is 0 Å². The summed E-state index contributed by atoms with van der Waals surface area (Å²) in [6, 6.07) is 0. The first-order chi connectivity index (χ1) is 8.15. The number of nitrogens with zero attached hydrogens (tertiary/aromatic N) is 4. The molecule has 1 atom stereocenters. The van der Waals surface area contributed by atoms with Gasteiger partial charge in [-0.15, -0.1) is 0 Å². The van der Waals surface area contributed by atoms with Crippen LogP contribution < -0.4 is 0 Å². The van der Waals surface area contributed by atoms with E-state index < -0.39 is 11.0 Å². The lowest BCUT2D eigenvalue weighted by atomic mass is 9.84. The first-order valence-corrected chi connectivity index (χ1v) is 6.90. The molecule has 92 valence electrons. The number of piperidine rings is 1. The Morgan fingerprint density at radius 1 is 1.35 bits per heavy atom. The lowest BCUT2D eigenvalue weighted by Gasteiger charge is -2.41. The first kappa shape index (κ1) is 11.3. The summed E-state index contributed by atoms with van der Waals surface area (Å²) in [7, 11) is 2.96. The molecule has 0 N–H and O–H groups in total. The summed E-state index contributed by atoms with van der Waals surface area (Å²) in [4.78, 5) is 11.5. The topological polar surface area (TPSA) is 49.3 Å². The van der Waals surface area contributed by atoms with E-state index in [1.807, 2.05) is 11.4 Å². The van der Waals surface area contributed by atoms with Gasteiger partial charge in [-0.3, -0.25) is 0 Å². The van der Waals surface area contributed by atoms with Crippen molar-refractivity contribution in [3.63, 3.8) is 0 Å². The lowest BCUT2D eigenvalue weighted by molar-refractivity contribution is 0.108. The zero-order chi connectivity index (χ0) is 12.0. The van der Waals surface area contributed by atoms with Crippen molar-refractivity contribution in [1.29, 1.82) is 0 Å². The van der Waals surface area contributed by atoms with Gasteiger partial charge in [0.05, 0.1) is 16.1 Å². The monoisotopic (exact) mass is 252 g/mol. The van der Waals surface area contributed by atoms with Crippen molar-refractivity contribution >= 4 is 11.0 Å². The van der Waals surface area contributed by atoms with E-state index in [9.17, 15) is 4.21 Å². The van der Waals surface area contributed by atoms with Crippen LogP contribution in [-0.4, -0.2) is 50.6 Å². The number of hydrogen-bond donors (Lipinski definition) is 0. The fourth-order valence-corrected chi connectivity index (χ4v) is 4.23. The summed E-state index contributed by atoms with van der Waals surface area (Å²) >= 11 is 0. The minimum Gasteiger partial charge on any atom is -0.306 e. The Morgan fingerprint density at radius 3 is 2.76 bits per heavy atom. The third-order valence-electron chi connectivity index (χ3n) is 3.97. The van der Waals surface area contributed by atoms with Crippen LogP contribution in [0.4, 0.5) is 0 Å². The molecule has 0 aliphatic carbocycles. The standard InChI is InChI=1S/C11H16N4OS/c1-14-5-3-11(4-6-14)10-9(7-12-8-13-10)17(16)15(11)2/h7-8H,3-6H2,1-2H3. The molecule has 1 saturated heterocycles. The fraction of sp³-hybridized carbons (Fsp3) is 0.636. The summed E-state index contributed by atoms with van der Waals surface area (Å²) in [5, 5.41) is 0. The van der Waals surface area contributed by atoms with Crippen molar-refractivity contribution in [2.75, 3.05) is 27.2 Å². The van der Waals surface area contributed by atoms with E-state index in [4.69, 9.17) is 0 Å². The number of aromatic nitrogens is 2. The molecule has 1 aromatic rings. The normalized spacial score (nSPS) is 28.5. The molecule has 1 fully saturated rings. The van der Waals surface area contributed by atoms with Crippen molar-refractivity contribution in [2.45, 2.75) is 23.3 Å². The maximum Gasteiger partial charge on any atom is 0.131 e. The van der Waals surface area contributed by atoms with E-state index in [0.29, 0.717) is 0 Å². The molecule has 0 bridgehead atoms. The molecule has 6 heteroatoms. The molecule has 2 aliphatic rings. The van der Waals surface area contributed by atoms with Crippen LogP contribution in [0.5, 0.6) is 0 Å². The van der Waals surface area contributed by atoms with Crippen LogP contribution in [0.1, 0.15) is 18.5 Å². The molecular weight excluding hydrogens is 236 g/mol. The Bertz CT molecular complexity index is 470. The van der Waals surface area contributed by atoms with E-state index in [0.717, 1.165) is 36.5 Å². The Morgan fingerprint density at radius 2 is 2.06 bits per heavy atom. The van der Waals surface area contributed by atoms with Crippen molar-refractivity contribution in [1.82, 2.24) is 19.2 Å². The maximum atomic E-state index is 12.3. The molecule has 17 heavy (non-hydrogen) atoms. The van der Waals surface area contributed by atoms with Crippen LogP contribution >= 0.6 is 0 Å². The van der Waals surface area contributed by atoms with Gasteiger partial charge in [0.2, 0.25) is 0 Å². The van der Waals surface area contributed by atoms with Crippen molar-refractivity contribution < 1.29 is 4.21 Å². The third kappa shape index (κ3) is 1.47. The molecule has 0 aromatic carbocycles. The molecule has 0 saturated carbocycles. The van der Waals surface area contributed by atoms with Crippen LogP contribution in [-0.2, 0) is 16.5 Å². The molecule has 1 spiro atoms. The smallest absolute Gasteiger partial charge is 0.131 e. The highest BCUT2D eigenvalue weighted by atomic mass is 32.2. The van der Waals surface area contributed by atoms with E-state index in [1.54, 1.807) is 12.5 Å². The highest BCUT2D eigenvalue weighted by Crippen LogP contribution is 2.45. The van der Waals surface area contributed by atoms with Gasteiger partial charge in [-0.1, -0.05) is 0 Å². The quantitative estimate of drug-likeness (QED) is 0.669. The van der Waals surface area contributed by atoms with E-state index >= 15 is 0 Å². The van der Waals surface area contributed by atoms with Crippen molar-refractivity contribution in [2.24, 2.45) is 0 Å². The van der Waals surface area contributed by atoms with Crippen LogP contribution in [0.25, 0.3) is 0 Å². The summed E-state index contributed by atoms with van der Waals surface area (Å²) in [6.45, 7) is 2.04. The summed E-state index contributed by atoms with van der Waals surface area (Å²) in [6.07, 6.45) is 5.22. The van der Waals surface area contributed by atoms with Gasteiger partial charge in [-0.25, -0.2) is 18.5 Å². The van der Waals surface area contributed by atoms with Crippen LogP contribution in [0.3, 0.4) is 0 Å². The van der Waals surface area contributed by atoms with Gasteiger partial charge in [-0.2, -0.15) is 0 Å². The van der Waals surface area contributed by atoms with Crippen LogP contribution in [0, 0.1) is 0 Å². The van der Waals surface area contributed by atoms with Gasteiger partial charge < -0.3 is 4.90 Å². The van der Waals surface area contributed by atoms with Crippen LogP contribution in [0.15, 0.2) is 17.4 Å². The predicted octanol–water partition coefficient (Wildman–Crippen LogP) is 0.366. The van der Waals surface area contributed by atoms with E-state index in [2.05, 4.69) is 21.9 Å². The first-order valence-electron chi connectivity index (χ1n) is 5.80. The van der Waals surface area contributed by atoms with E-state index in [-0.39, 0.29) is 5.54 Å². The highest BCUT2D eigenvalue weighted by Gasteiger charge is 2.50. The highest BCUT2D eigenvalue weighted by molar-refractivity contribution is 7.83. The van der Waals surface area contributed by atoms with Crippen molar-refractivity contribution in [3.05, 3.63) is 18.2 Å². The molecular formula is C11H16N4OS. The summed E-state index contributed by atoms with van der Waals surface area (Å²) in [5.41, 5.74) is 0.830. The molecule has 0 amide bonds. The van der Waals surface area contributed by atoms with Gasteiger partial charge in [0.15, 0.2) is 0 Å². The minimum absolute atomic E-state index is 0.143. The van der Waals surface area contributed by atoms with E-state index in [1.165, 1.54) is 0 Å². The molecule has 1 aromatic heterocycles. The SMILES string of the molecule is CN1CCC2(CC1)c1ncncc1S(=O)N2C. The number of rotatable bonds is 0. The van der Waals surface area contributed by atoms with Gasteiger partial charge in [-0.05, 0) is 19.9 Å². The molecule has 3 heterocycles. The molecule has 0 radical (unpaired) electrons.